The zero-order chi connectivity index (χ0) is 15.6. The summed E-state index contributed by atoms with van der Waals surface area (Å²) in [5.41, 5.74) is -1.13. The quantitative estimate of drug-likeness (QED) is 0.664. The number of nitro benzene ring substituents is 1. The van der Waals surface area contributed by atoms with Gasteiger partial charge in [-0.1, -0.05) is 35.3 Å². The van der Waals surface area contributed by atoms with Gasteiger partial charge in [0.1, 0.15) is 16.3 Å². The van der Waals surface area contributed by atoms with Gasteiger partial charge in [0.05, 0.1) is 9.95 Å². The molecule has 0 atom stereocenters. The van der Waals surface area contributed by atoms with E-state index in [1.807, 2.05) is 0 Å². The minimum Gasteiger partial charge on any atom is -0.477 e. The summed E-state index contributed by atoms with van der Waals surface area (Å²) in [6.45, 7) is 0. The Balaban J connectivity index is 2.54. The second kappa shape index (κ2) is 5.99. The van der Waals surface area contributed by atoms with Gasteiger partial charge in [-0.15, -0.1) is 0 Å². The average Bonchev–Trinajstić information content (AvgIpc) is 2.43. The number of carboxylic acid groups (broad SMARTS) is 1. The maximum absolute atomic E-state index is 11.1. The summed E-state index contributed by atoms with van der Waals surface area (Å²) >= 11 is 11.8. The largest absolute Gasteiger partial charge is 0.477 e. The third kappa shape index (κ3) is 3.07. The van der Waals surface area contributed by atoms with Crippen molar-refractivity contribution in [3.8, 4) is 11.5 Å². The van der Waals surface area contributed by atoms with Gasteiger partial charge in [-0.2, -0.15) is 0 Å². The Labute approximate surface area is 128 Å². The van der Waals surface area contributed by atoms with Crippen molar-refractivity contribution in [3.63, 3.8) is 0 Å². The number of rotatable bonds is 4. The number of halogens is 2. The lowest BCUT2D eigenvalue weighted by molar-refractivity contribution is -0.386. The molecule has 0 bridgehead atoms. The number of carboxylic acids is 1. The third-order valence-electron chi connectivity index (χ3n) is 2.55. The monoisotopic (exact) mass is 327 g/mol. The van der Waals surface area contributed by atoms with Crippen LogP contribution >= 0.6 is 23.2 Å². The molecule has 0 amide bonds. The number of nitrogens with zero attached hydrogens (tertiary/aromatic N) is 1. The number of ether oxygens (including phenoxy) is 1. The van der Waals surface area contributed by atoms with E-state index in [9.17, 15) is 14.9 Å². The molecule has 1 N–H and O–H groups in total. The van der Waals surface area contributed by atoms with Crippen molar-refractivity contribution in [2.75, 3.05) is 0 Å². The van der Waals surface area contributed by atoms with Gasteiger partial charge in [0.25, 0.3) is 0 Å². The van der Waals surface area contributed by atoms with Crippen LogP contribution in [0.4, 0.5) is 5.69 Å². The van der Waals surface area contributed by atoms with Crippen molar-refractivity contribution in [2.45, 2.75) is 0 Å². The first-order valence-electron chi connectivity index (χ1n) is 5.54. The molecule has 0 fully saturated rings. The highest BCUT2D eigenvalue weighted by Crippen LogP contribution is 2.39. The summed E-state index contributed by atoms with van der Waals surface area (Å²) in [6, 6.07) is 8.28. The Bertz CT molecular complexity index is 732. The first kappa shape index (κ1) is 15.1. The van der Waals surface area contributed by atoms with Gasteiger partial charge in [-0.25, -0.2) is 4.79 Å². The van der Waals surface area contributed by atoms with E-state index >= 15 is 0 Å². The molecule has 0 aromatic heterocycles. The zero-order valence-electron chi connectivity index (χ0n) is 10.2. The molecule has 2 rings (SSSR count). The Hall–Kier alpha value is -2.31. The molecule has 0 saturated carbocycles. The molecule has 0 aliphatic carbocycles. The second-order valence-electron chi connectivity index (χ2n) is 3.87. The zero-order valence-corrected chi connectivity index (χ0v) is 11.8. The van der Waals surface area contributed by atoms with Crippen LogP contribution in [0.5, 0.6) is 11.5 Å². The third-order valence-corrected chi connectivity index (χ3v) is 3.35. The van der Waals surface area contributed by atoms with Gasteiger partial charge in [0, 0.05) is 0 Å². The molecule has 21 heavy (non-hydrogen) atoms. The normalized spacial score (nSPS) is 10.2. The summed E-state index contributed by atoms with van der Waals surface area (Å²) < 4.78 is 5.35. The van der Waals surface area contributed by atoms with Gasteiger partial charge in [0.15, 0.2) is 0 Å². The maximum atomic E-state index is 11.1. The van der Waals surface area contributed by atoms with E-state index in [0.717, 1.165) is 6.07 Å². The highest BCUT2D eigenvalue weighted by Gasteiger charge is 2.26. The highest BCUT2D eigenvalue weighted by molar-refractivity contribution is 6.42. The van der Waals surface area contributed by atoms with Crippen LogP contribution in [-0.4, -0.2) is 16.0 Å². The lowest BCUT2D eigenvalue weighted by Crippen LogP contribution is -2.04. The maximum Gasteiger partial charge on any atom is 0.342 e. The minimum atomic E-state index is -1.43. The summed E-state index contributed by atoms with van der Waals surface area (Å²) in [7, 11) is 0. The van der Waals surface area contributed by atoms with E-state index in [1.165, 1.54) is 24.3 Å². The van der Waals surface area contributed by atoms with Gasteiger partial charge in [-0.3, -0.25) is 10.1 Å². The van der Waals surface area contributed by atoms with Crippen LogP contribution in [-0.2, 0) is 0 Å². The lowest BCUT2D eigenvalue weighted by atomic mass is 10.1. The molecular formula is C13H7Cl2NO5. The van der Waals surface area contributed by atoms with E-state index in [-0.39, 0.29) is 21.5 Å². The number of hydrogen-bond acceptors (Lipinski definition) is 4. The summed E-state index contributed by atoms with van der Waals surface area (Å²) in [6.07, 6.45) is 0. The fourth-order valence-corrected chi connectivity index (χ4v) is 1.98. The van der Waals surface area contributed by atoms with Crippen molar-refractivity contribution in [1.82, 2.24) is 0 Å². The number of benzene rings is 2. The van der Waals surface area contributed by atoms with Crippen LogP contribution in [0.15, 0.2) is 36.4 Å². The molecule has 8 heteroatoms. The standard InChI is InChI=1S/C13H7Cl2NO5/c14-8-4-2-5-9(11(8)15)21-10-6-1-3-7(13(17)18)12(10)16(19)20/h1-6H,(H,17,18). The second-order valence-corrected chi connectivity index (χ2v) is 4.65. The average molecular weight is 328 g/mol. The molecule has 0 aliphatic heterocycles. The predicted octanol–water partition coefficient (Wildman–Crippen LogP) is 4.39. The molecule has 0 saturated heterocycles. The van der Waals surface area contributed by atoms with Crippen LogP contribution in [0.25, 0.3) is 0 Å². The van der Waals surface area contributed by atoms with Crippen molar-refractivity contribution in [3.05, 3.63) is 62.1 Å². The summed E-state index contributed by atoms with van der Waals surface area (Å²) in [5.74, 6) is -1.57. The van der Waals surface area contributed by atoms with Crippen LogP contribution in [0, 0.1) is 10.1 Å². The first-order valence-corrected chi connectivity index (χ1v) is 6.30. The SMILES string of the molecule is O=C(O)c1cccc(Oc2cccc(Cl)c2Cl)c1[N+](=O)[O-]. The molecule has 6 nitrogen and oxygen atoms in total. The predicted molar refractivity (Wildman–Crippen MR) is 76.6 cm³/mol. The molecule has 0 unspecified atom stereocenters. The molecule has 0 spiro atoms. The Morgan fingerprint density at radius 3 is 2.38 bits per heavy atom. The number of nitro groups is 1. The smallest absolute Gasteiger partial charge is 0.342 e. The van der Waals surface area contributed by atoms with Crippen LogP contribution < -0.4 is 4.74 Å². The van der Waals surface area contributed by atoms with Crippen LogP contribution in [0.3, 0.4) is 0 Å². The Morgan fingerprint density at radius 1 is 1.14 bits per heavy atom. The van der Waals surface area contributed by atoms with Crippen molar-refractivity contribution >= 4 is 34.9 Å². The molecular weight excluding hydrogens is 321 g/mol. The fourth-order valence-electron chi connectivity index (χ4n) is 1.65. The molecule has 0 aliphatic rings. The number of para-hydroxylation sites is 1. The van der Waals surface area contributed by atoms with Crippen LogP contribution in [0.1, 0.15) is 10.4 Å². The van der Waals surface area contributed by atoms with Crippen LogP contribution in [0.2, 0.25) is 10.0 Å². The molecule has 0 radical (unpaired) electrons. The highest BCUT2D eigenvalue weighted by atomic mass is 35.5. The topological polar surface area (TPSA) is 89.7 Å². The number of carbonyl (C=O) groups is 1. The van der Waals surface area contributed by atoms with Crippen molar-refractivity contribution in [1.29, 1.82) is 0 Å². The van der Waals surface area contributed by atoms with E-state index in [1.54, 1.807) is 6.07 Å². The Kier molecular flexibility index (Phi) is 4.30. The minimum absolute atomic E-state index is 0.0780. The van der Waals surface area contributed by atoms with E-state index in [4.69, 9.17) is 33.0 Å². The molecule has 2 aromatic rings. The summed E-state index contributed by atoms with van der Waals surface area (Å²) in [5, 5.41) is 20.4. The number of aromatic carboxylic acids is 1. The van der Waals surface area contributed by atoms with Crippen molar-refractivity contribution in [2.24, 2.45) is 0 Å². The fraction of sp³-hybridized carbons (Fsp3) is 0. The van der Waals surface area contributed by atoms with E-state index in [0.29, 0.717) is 0 Å². The molecule has 108 valence electrons. The Morgan fingerprint density at radius 2 is 1.76 bits per heavy atom. The summed E-state index contributed by atoms with van der Waals surface area (Å²) in [4.78, 5) is 21.3. The van der Waals surface area contributed by atoms with E-state index in [2.05, 4.69) is 0 Å². The van der Waals surface area contributed by atoms with Crippen molar-refractivity contribution < 1.29 is 19.6 Å². The lowest BCUT2D eigenvalue weighted by Gasteiger charge is -2.09. The number of hydrogen-bond donors (Lipinski definition) is 1. The van der Waals surface area contributed by atoms with Gasteiger partial charge >= 0.3 is 11.7 Å². The van der Waals surface area contributed by atoms with Gasteiger partial charge < -0.3 is 9.84 Å². The molecule has 0 heterocycles. The molecule has 2 aromatic carbocycles. The van der Waals surface area contributed by atoms with E-state index < -0.39 is 22.1 Å². The van der Waals surface area contributed by atoms with Gasteiger partial charge in [-0.05, 0) is 24.3 Å². The first-order chi connectivity index (χ1) is 9.91. The van der Waals surface area contributed by atoms with Gasteiger partial charge in [0.2, 0.25) is 5.75 Å².